The average Bonchev–Trinajstić information content (AvgIpc) is 3.05. The number of nitrogens with zero attached hydrogens (tertiary/aromatic N) is 1. The summed E-state index contributed by atoms with van der Waals surface area (Å²) in [5.74, 6) is 0.521. The van der Waals surface area contributed by atoms with Crippen molar-refractivity contribution in [3.8, 4) is 5.75 Å². The number of nitrogens with two attached hydrogens (primary N) is 1. The minimum Gasteiger partial charge on any atom is -0.482 e. The fourth-order valence-electron chi connectivity index (χ4n) is 3.72. The minimum absolute atomic E-state index is 0.0544. The molecule has 2 atom stereocenters. The number of carbonyl (C=O) groups excluding carboxylic acids is 1. The first-order chi connectivity index (χ1) is 10.2. The van der Waals surface area contributed by atoms with Crippen molar-refractivity contribution in [3.63, 3.8) is 0 Å². The lowest BCUT2D eigenvalue weighted by atomic mass is 10.1. The van der Waals surface area contributed by atoms with E-state index in [1.165, 1.54) is 19.4 Å². The highest BCUT2D eigenvalue weighted by atomic mass is 16.5. The van der Waals surface area contributed by atoms with E-state index in [0.29, 0.717) is 29.2 Å². The first-order valence-electron chi connectivity index (χ1n) is 7.57. The van der Waals surface area contributed by atoms with Crippen LogP contribution in [0.5, 0.6) is 5.75 Å². The lowest BCUT2D eigenvalue weighted by Gasteiger charge is -2.25. The van der Waals surface area contributed by atoms with Gasteiger partial charge in [0, 0.05) is 24.7 Å². The summed E-state index contributed by atoms with van der Waals surface area (Å²) in [5.41, 5.74) is 8.38. The zero-order chi connectivity index (χ0) is 14.4. The van der Waals surface area contributed by atoms with Gasteiger partial charge in [-0.3, -0.25) is 9.69 Å². The molecule has 1 aromatic carbocycles. The van der Waals surface area contributed by atoms with Crippen LogP contribution in [0.3, 0.4) is 0 Å². The van der Waals surface area contributed by atoms with Crippen LogP contribution >= 0.6 is 0 Å². The van der Waals surface area contributed by atoms with Crippen molar-refractivity contribution in [2.75, 3.05) is 36.1 Å². The number of fused-ring (bicyclic) bond motifs is 2. The predicted molar refractivity (Wildman–Crippen MR) is 81.6 cm³/mol. The van der Waals surface area contributed by atoms with Crippen molar-refractivity contribution in [2.24, 2.45) is 0 Å². The highest BCUT2D eigenvalue weighted by Crippen LogP contribution is 2.37. The van der Waals surface area contributed by atoms with E-state index in [-0.39, 0.29) is 12.5 Å². The topological polar surface area (TPSA) is 79.6 Å². The summed E-state index contributed by atoms with van der Waals surface area (Å²) in [6.07, 6.45) is 3.68. The van der Waals surface area contributed by atoms with Crippen molar-refractivity contribution in [3.05, 3.63) is 12.1 Å². The fourth-order valence-corrected chi connectivity index (χ4v) is 3.72. The van der Waals surface area contributed by atoms with Crippen molar-refractivity contribution < 1.29 is 9.53 Å². The van der Waals surface area contributed by atoms with Crippen molar-refractivity contribution in [2.45, 2.75) is 31.3 Å². The highest BCUT2D eigenvalue weighted by molar-refractivity contribution is 5.97. The van der Waals surface area contributed by atoms with Gasteiger partial charge in [-0.05, 0) is 31.9 Å². The van der Waals surface area contributed by atoms with Crippen molar-refractivity contribution >= 4 is 23.0 Å². The number of hydrogen-bond donors (Lipinski definition) is 3. The number of rotatable bonds is 2. The quantitative estimate of drug-likeness (QED) is 0.714. The summed E-state index contributed by atoms with van der Waals surface area (Å²) in [4.78, 5) is 14.0. The summed E-state index contributed by atoms with van der Waals surface area (Å²) in [6, 6.07) is 4.73. The molecule has 4 N–H and O–H groups in total. The van der Waals surface area contributed by atoms with E-state index in [4.69, 9.17) is 10.5 Å². The number of hydrogen-bond acceptors (Lipinski definition) is 5. The number of ether oxygens (including phenoxy) is 1. The van der Waals surface area contributed by atoms with Crippen LogP contribution in [0.4, 0.5) is 17.1 Å². The number of anilines is 3. The monoisotopic (exact) mass is 288 g/mol. The Kier molecular flexibility index (Phi) is 2.92. The van der Waals surface area contributed by atoms with Crippen molar-refractivity contribution in [1.29, 1.82) is 0 Å². The third-order valence-electron chi connectivity index (χ3n) is 4.73. The average molecular weight is 288 g/mol. The molecular weight excluding hydrogens is 268 g/mol. The molecule has 3 heterocycles. The second-order valence-corrected chi connectivity index (χ2v) is 6.06. The van der Waals surface area contributed by atoms with E-state index in [1.54, 1.807) is 6.07 Å². The molecule has 4 rings (SSSR count). The first-order valence-corrected chi connectivity index (χ1v) is 7.57. The Morgan fingerprint density at radius 3 is 3.14 bits per heavy atom. The molecule has 1 aromatic rings. The van der Waals surface area contributed by atoms with Crippen LogP contribution < -0.4 is 21.1 Å². The second-order valence-electron chi connectivity index (χ2n) is 6.06. The molecule has 3 aliphatic rings. The van der Waals surface area contributed by atoms with Gasteiger partial charge in [-0.1, -0.05) is 0 Å². The maximum Gasteiger partial charge on any atom is 0.262 e. The number of benzene rings is 1. The van der Waals surface area contributed by atoms with Crippen LogP contribution in [0.1, 0.15) is 19.3 Å². The number of amides is 1. The molecule has 0 aliphatic carbocycles. The maximum atomic E-state index is 11.4. The summed E-state index contributed by atoms with van der Waals surface area (Å²) < 4.78 is 5.38. The molecule has 0 bridgehead atoms. The number of nitrogen functional groups attached to an aromatic ring is 1. The van der Waals surface area contributed by atoms with E-state index in [0.717, 1.165) is 18.7 Å². The Bertz CT molecular complexity index is 589. The van der Waals surface area contributed by atoms with Gasteiger partial charge >= 0.3 is 0 Å². The van der Waals surface area contributed by atoms with E-state index in [9.17, 15) is 4.79 Å². The molecule has 0 spiro atoms. The Morgan fingerprint density at radius 1 is 1.33 bits per heavy atom. The minimum atomic E-state index is -0.124. The SMILES string of the molecule is Nc1cc2c(cc1NC1CCN3CCCC13)NC(=O)CO2. The van der Waals surface area contributed by atoms with Gasteiger partial charge in [0.1, 0.15) is 5.75 Å². The Labute approximate surface area is 123 Å². The molecule has 112 valence electrons. The van der Waals surface area contributed by atoms with Gasteiger partial charge in [-0.2, -0.15) is 0 Å². The van der Waals surface area contributed by atoms with E-state index >= 15 is 0 Å². The molecule has 6 heteroatoms. The third kappa shape index (κ3) is 2.19. The predicted octanol–water partition coefficient (Wildman–Crippen LogP) is 1.25. The molecule has 2 unspecified atom stereocenters. The van der Waals surface area contributed by atoms with E-state index in [1.807, 2.05) is 6.07 Å². The van der Waals surface area contributed by atoms with E-state index in [2.05, 4.69) is 15.5 Å². The van der Waals surface area contributed by atoms with Gasteiger partial charge in [-0.25, -0.2) is 0 Å². The van der Waals surface area contributed by atoms with Gasteiger partial charge in [0.05, 0.1) is 17.1 Å². The molecule has 21 heavy (non-hydrogen) atoms. The standard InChI is InChI=1S/C15H20N4O2/c16-9-6-14-12(18-15(20)8-21-14)7-11(9)17-10-3-5-19-4-1-2-13(10)19/h6-7,10,13,17H,1-5,8,16H2,(H,18,20). The first kappa shape index (κ1) is 12.8. The van der Waals surface area contributed by atoms with Gasteiger partial charge in [0.2, 0.25) is 0 Å². The summed E-state index contributed by atoms with van der Waals surface area (Å²) >= 11 is 0. The lowest BCUT2D eigenvalue weighted by molar-refractivity contribution is -0.118. The molecule has 3 aliphatic heterocycles. The van der Waals surface area contributed by atoms with Gasteiger partial charge in [-0.15, -0.1) is 0 Å². The Morgan fingerprint density at radius 2 is 2.24 bits per heavy atom. The highest BCUT2D eigenvalue weighted by Gasteiger charge is 2.37. The van der Waals surface area contributed by atoms with Crippen LogP contribution in [0, 0.1) is 0 Å². The fraction of sp³-hybridized carbons (Fsp3) is 0.533. The second kappa shape index (κ2) is 4.80. The molecule has 0 aromatic heterocycles. The largest absolute Gasteiger partial charge is 0.482 e. The number of carbonyl (C=O) groups is 1. The van der Waals surface area contributed by atoms with Gasteiger partial charge < -0.3 is 21.1 Å². The van der Waals surface area contributed by atoms with Crippen LogP contribution in [0.15, 0.2) is 12.1 Å². The smallest absolute Gasteiger partial charge is 0.262 e. The Balaban J connectivity index is 1.57. The zero-order valence-corrected chi connectivity index (χ0v) is 11.9. The van der Waals surface area contributed by atoms with Crippen LogP contribution in [-0.2, 0) is 4.79 Å². The van der Waals surface area contributed by atoms with E-state index < -0.39 is 0 Å². The maximum absolute atomic E-state index is 11.4. The third-order valence-corrected chi connectivity index (χ3v) is 4.73. The molecule has 2 saturated heterocycles. The molecule has 1 amide bonds. The zero-order valence-electron chi connectivity index (χ0n) is 11.9. The Hall–Kier alpha value is -1.95. The van der Waals surface area contributed by atoms with Crippen LogP contribution in [0.2, 0.25) is 0 Å². The molecule has 0 saturated carbocycles. The normalized spacial score (nSPS) is 27.7. The molecule has 2 fully saturated rings. The summed E-state index contributed by atoms with van der Waals surface area (Å²) in [7, 11) is 0. The lowest BCUT2D eigenvalue weighted by Crippen LogP contribution is -2.34. The van der Waals surface area contributed by atoms with Gasteiger partial charge in [0.25, 0.3) is 5.91 Å². The summed E-state index contributed by atoms with van der Waals surface area (Å²) in [6.45, 7) is 2.43. The molecule has 0 radical (unpaired) electrons. The number of nitrogens with one attached hydrogen (secondary N) is 2. The van der Waals surface area contributed by atoms with Gasteiger partial charge in [0.15, 0.2) is 6.61 Å². The van der Waals surface area contributed by atoms with Crippen LogP contribution in [-0.4, -0.2) is 42.6 Å². The van der Waals surface area contributed by atoms with Crippen LogP contribution in [0.25, 0.3) is 0 Å². The summed E-state index contributed by atoms with van der Waals surface area (Å²) in [5, 5.41) is 6.40. The molecular formula is C15H20N4O2. The van der Waals surface area contributed by atoms with Crippen molar-refractivity contribution in [1.82, 2.24) is 4.90 Å². The molecule has 6 nitrogen and oxygen atoms in total.